The lowest BCUT2D eigenvalue weighted by molar-refractivity contribution is -0.143. The van der Waals surface area contributed by atoms with Crippen molar-refractivity contribution in [1.82, 2.24) is 0 Å². The number of fused-ring (bicyclic) bond motifs is 1. The Morgan fingerprint density at radius 3 is 3.00 bits per heavy atom. The number of ether oxygens (including phenoxy) is 3. The third kappa shape index (κ3) is 2.09. The van der Waals surface area contributed by atoms with Crippen molar-refractivity contribution in [3.63, 3.8) is 0 Å². The maximum atomic E-state index is 11.5. The lowest BCUT2D eigenvalue weighted by Crippen LogP contribution is -2.19. The van der Waals surface area contributed by atoms with E-state index in [-0.39, 0.29) is 23.1 Å². The smallest absolute Gasteiger partial charge is 0.347 e. The molecule has 0 aromatic carbocycles. The van der Waals surface area contributed by atoms with Crippen LogP contribution < -0.4 is 9.47 Å². The second kappa shape index (κ2) is 5.12. The average Bonchev–Trinajstić information content (AvgIpc) is 3.05. The van der Waals surface area contributed by atoms with Gasteiger partial charge in [0.1, 0.15) is 22.7 Å². The number of carbonyl (C=O) groups is 2. The van der Waals surface area contributed by atoms with Crippen LogP contribution in [0, 0.1) is 0 Å². The highest BCUT2D eigenvalue weighted by molar-refractivity contribution is 14.1. The summed E-state index contributed by atoms with van der Waals surface area (Å²) < 4.78 is 20.8. The maximum absolute atomic E-state index is 11.5. The number of hydrogen-bond acceptors (Lipinski definition) is 6. The molecule has 1 aliphatic rings. The van der Waals surface area contributed by atoms with Crippen molar-refractivity contribution in [2.45, 2.75) is 17.3 Å². The van der Waals surface area contributed by atoms with Gasteiger partial charge in [0.05, 0.1) is 0 Å². The molecule has 1 unspecified atom stereocenters. The highest BCUT2D eigenvalue weighted by Crippen LogP contribution is 2.48. The molecule has 106 valence electrons. The summed E-state index contributed by atoms with van der Waals surface area (Å²) in [6.45, 7) is 2.24. The number of hydrogen-bond donors (Lipinski definition) is 0. The van der Waals surface area contributed by atoms with E-state index in [4.69, 9.17) is 18.6 Å². The molecule has 0 saturated carbocycles. The quantitative estimate of drug-likeness (QED) is 0.327. The summed E-state index contributed by atoms with van der Waals surface area (Å²) in [5.74, 6) is 0.0436. The van der Waals surface area contributed by atoms with Gasteiger partial charge in [0, 0.05) is 6.07 Å². The number of esters is 2. The lowest BCUT2D eigenvalue weighted by atomic mass is 10.2. The first-order chi connectivity index (χ1) is 9.61. The Morgan fingerprint density at radius 2 is 2.25 bits per heavy atom. The molecule has 3 rings (SSSR count). The molecule has 0 amide bonds. The second-order valence-corrected chi connectivity index (χ2v) is 5.80. The number of carbonyl (C=O) groups excluding carboxylic acids is 2. The zero-order valence-electron chi connectivity index (χ0n) is 10.6. The first-order valence-electron chi connectivity index (χ1n) is 6.16. The van der Waals surface area contributed by atoms with E-state index in [2.05, 4.69) is 0 Å². The van der Waals surface area contributed by atoms with Gasteiger partial charge in [-0.3, -0.25) is 4.79 Å². The minimum absolute atomic E-state index is 0.141. The van der Waals surface area contributed by atoms with Crippen LogP contribution in [-0.2, 0) is 9.53 Å². The SMILES string of the molecule is CCC(I)C(=O)OCCOc1c2c3oc1cc3C(=O)O2. The standard InChI is InChI=1S/C13H11IO6/c1-2-7(14)13(16)18-4-3-17-10-8-5-6-9(19-8)11(10)20-12(6)15/h5,7H,2-4H2,1H3. The van der Waals surface area contributed by atoms with Gasteiger partial charge in [-0.15, -0.1) is 0 Å². The molecule has 0 N–H and O–H groups in total. The molecule has 20 heavy (non-hydrogen) atoms. The van der Waals surface area contributed by atoms with E-state index >= 15 is 0 Å². The van der Waals surface area contributed by atoms with Crippen molar-refractivity contribution < 1.29 is 28.2 Å². The Bertz CT molecular complexity index is 661. The van der Waals surface area contributed by atoms with E-state index in [1.165, 1.54) is 0 Å². The molecule has 0 spiro atoms. The normalized spacial score (nSPS) is 14.6. The number of halogens is 1. The van der Waals surface area contributed by atoms with E-state index in [9.17, 15) is 9.59 Å². The van der Waals surface area contributed by atoms with Gasteiger partial charge < -0.3 is 18.6 Å². The largest absolute Gasteiger partial charge is 0.483 e. The predicted molar refractivity (Wildman–Crippen MR) is 76.9 cm³/mol. The van der Waals surface area contributed by atoms with Crippen LogP contribution in [0.2, 0.25) is 0 Å². The number of alkyl halides is 1. The summed E-state index contributed by atoms with van der Waals surface area (Å²) in [6.07, 6.45) is 0.725. The first kappa shape index (κ1) is 13.5. The zero-order valence-corrected chi connectivity index (χ0v) is 12.8. The number of rotatable bonds is 6. The Kier molecular flexibility index (Phi) is 3.45. The van der Waals surface area contributed by atoms with Gasteiger partial charge in [-0.25, -0.2) is 4.79 Å². The first-order valence-corrected chi connectivity index (χ1v) is 7.41. The van der Waals surface area contributed by atoms with Crippen LogP contribution in [0.4, 0.5) is 0 Å². The van der Waals surface area contributed by atoms with E-state index in [0.717, 1.165) is 6.42 Å². The summed E-state index contributed by atoms with van der Waals surface area (Å²) in [7, 11) is 0. The van der Waals surface area contributed by atoms with Gasteiger partial charge in [0.15, 0.2) is 11.2 Å². The lowest BCUT2D eigenvalue weighted by Gasteiger charge is -2.09. The molecule has 2 bridgehead atoms. The topological polar surface area (TPSA) is 75.0 Å². The molecular weight excluding hydrogens is 379 g/mol. The minimum atomic E-state index is -0.425. The number of benzene rings is 1. The van der Waals surface area contributed by atoms with E-state index in [1.807, 2.05) is 29.5 Å². The van der Waals surface area contributed by atoms with E-state index in [1.54, 1.807) is 6.07 Å². The van der Waals surface area contributed by atoms with Crippen LogP contribution in [0.15, 0.2) is 10.5 Å². The summed E-state index contributed by atoms with van der Waals surface area (Å²) in [5, 5.41) is 0. The van der Waals surface area contributed by atoms with Crippen molar-refractivity contribution >= 4 is 45.7 Å². The van der Waals surface area contributed by atoms with Crippen molar-refractivity contribution in [3.8, 4) is 11.5 Å². The van der Waals surface area contributed by atoms with Crippen molar-refractivity contribution in [1.29, 1.82) is 0 Å². The van der Waals surface area contributed by atoms with Gasteiger partial charge in [-0.05, 0) is 6.42 Å². The Balaban J connectivity index is 1.55. The summed E-state index contributed by atoms with van der Waals surface area (Å²) in [4.78, 5) is 22.9. The number of furan rings is 2. The Morgan fingerprint density at radius 1 is 1.45 bits per heavy atom. The van der Waals surface area contributed by atoms with Crippen LogP contribution >= 0.6 is 22.6 Å². The molecule has 0 radical (unpaired) electrons. The minimum Gasteiger partial charge on any atom is -0.483 e. The maximum Gasteiger partial charge on any atom is 0.347 e. The van der Waals surface area contributed by atoms with Crippen LogP contribution in [0.25, 0.3) is 11.2 Å². The molecular formula is C13H11IO6. The van der Waals surface area contributed by atoms with Crippen molar-refractivity contribution in [3.05, 3.63) is 11.6 Å². The molecule has 0 aliphatic carbocycles. The molecule has 7 heteroatoms. The predicted octanol–water partition coefficient (Wildman–Crippen LogP) is 2.54. The molecule has 2 aromatic rings. The molecule has 6 nitrogen and oxygen atoms in total. The molecule has 0 fully saturated rings. The van der Waals surface area contributed by atoms with Gasteiger partial charge in [-0.1, -0.05) is 29.5 Å². The molecule has 2 aromatic heterocycles. The highest BCUT2D eigenvalue weighted by Gasteiger charge is 2.35. The van der Waals surface area contributed by atoms with Gasteiger partial charge in [-0.2, -0.15) is 0 Å². The molecule has 3 heterocycles. The van der Waals surface area contributed by atoms with Crippen molar-refractivity contribution in [2.24, 2.45) is 0 Å². The van der Waals surface area contributed by atoms with Crippen molar-refractivity contribution in [2.75, 3.05) is 13.2 Å². The third-order valence-electron chi connectivity index (χ3n) is 2.97. The fourth-order valence-electron chi connectivity index (χ4n) is 1.96. The fraction of sp³-hybridized carbons (Fsp3) is 0.385. The summed E-state index contributed by atoms with van der Waals surface area (Å²) in [5.41, 5.74) is 1.34. The van der Waals surface area contributed by atoms with Crippen LogP contribution in [0.3, 0.4) is 0 Å². The summed E-state index contributed by atoms with van der Waals surface area (Å²) >= 11 is 2.04. The van der Waals surface area contributed by atoms with Gasteiger partial charge in [0.2, 0.25) is 11.5 Å². The van der Waals surface area contributed by atoms with Crippen LogP contribution in [0.5, 0.6) is 11.5 Å². The van der Waals surface area contributed by atoms with E-state index in [0.29, 0.717) is 28.2 Å². The Labute approximate surface area is 127 Å². The average molecular weight is 390 g/mol. The zero-order chi connectivity index (χ0) is 14.3. The molecule has 1 atom stereocenters. The van der Waals surface area contributed by atoms with Gasteiger partial charge in [0.25, 0.3) is 0 Å². The Hall–Kier alpha value is -1.51. The van der Waals surface area contributed by atoms with Crippen LogP contribution in [-0.4, -0.2) is 29.1 Å². The highest BCUT2D eigenvalue weighted by atomic mass is 127. The molecule has 1 aliphatic heterocycles. The monoisotopic (exact) mass is 390 g/mol. The third-order valence-corrected chi connectivity index (χ3v) is 4.36. The second-order valence-electron chi connectivity index (χ2n) is 4.29. The van der Waals surface area contributed by atoms with E-state index < -0.39 is 5.97 Å². The molecule has 0 saturated heterocycles. The van der Waals surface area contributed by atoms with Gasteiger partial charge >= 0.3 is 11.9 Å². The summed E-state index contributed by atoms with van der Waals surface area (Å²) in [6, 6.07) is 1.59. The fourth-order valence-corrected chi connectivity index (χ4v) is 2.14. The van der Waals surface area contributed by atoms with Crippen LogP contribution in [0.1, 0.15) is 23.7 Å².